The summed E-state index contributed by atoms with van der Waals surface area (Å²) in [5.74, 6) is 0.484. The quantitative estimate of drug-likeness (QED) is 0.427. The van der Waals surface area contributed by atoms with E-state index in [0.717, 1.165) is 0 Å². The number of aliphatic hydroxyl groups is 2. The van der Waals surface area contributed by atoms with E-state index in [2.05, 4.69) is 11.7 Å². The predicted octanol–water partition coefficient (Wildman–Crippen LogP) is 0.696. The first-order valence-corrected chi connectivity index (χ1v) is 4.88. The first kappa shape index (κ1) is 9.62. The largest absolute Gasteiger partial charge is 0.390 e. The van der Waals surface area contributed by atoms with Crippen LogP contribution in [-0.4, -0.2) is 28.2 Å². The zero-order chi connectivity index (χ0) is 7.28. The second-order valence-corrected chi connectivity index (χ2v) is 3.20. The fourth-order valence-electron chi connectivity index (χ4n) is 0.460. The summed E-state index contributed by atoms with van der Waals surface area (Å²) in [6.07, 6.45) is -0.627. The first-order chi connectivity index (χ1) is 4.22. The SMILES string of the molecule is CCC(O)C(O)CSS. The van der Waals surface area contributed by atoms with Crippen molar-refractivity contribution in [2.24, 2.45) is 0 Å². The molecule has 0 aliphatic rings. The molecule has 0 radical (unpaired) electrons. The molecule has 4 heteroatoms. The second kappa shape index (κ2) is 5.41. The molecule has 0 spiro atoms. The van der Waals surface area contributed by atoms with E-state index < -0.39 is 12.2 Å². The van der Waals surface area contributed by atoms with Gasteiger partial charge in [-0.3, -0.25) is 0 Å². The van der Waals surface area contributed by atoms with Gasteiger partial charge in [0.05, 0.1) is 12.2 Å². The lowest BCUT2D eigenvalue weighted by Gasteiger charge is -2.13. The molecule has 0 aliphatic heterocycles. The average molecular weight is 168 g/mol. The van der Waals surface area contributed by atoms with E-state index in [1.165, 1.54) is 10.8 Å². The molecule has 0 rings (SSSR count). The van der Waals surface area contributed by atoms with Crippen LogP contribution in [0, 0.1) is 0 Å². The highest BCUT2D eigenvalue weighted by atomic mass is 33.1. The smallest absolute Gasteiger partial charge is 0.0897 e. The Morgan fingerprint density at radius 2 is 2.00 bits per heavy atom. The summed E-state index contributed by atoms with van der Waals surface area (Å²) in [5, 5.41) is 18.0. The maximum atomic E-state index is 9.00. The summed E-state index contributed by atoms with van der Waals surface area (Å²) in [6, 6.07) is 0. The van der Waals surface area contributed by atoms with Crippen LogP contribution in [0.4, 0.5) is 0 Å². The highest BCUT2D eigenvalue weighted by Gasteiger charge is 2.12. The molecule has 0 aliphatic carbocycles. The van der Waals surface area contributed by atoms with E-state index in [4.69, 9.17) is 10.2 Å². The van der Waals surface area contributed by atoms with Gasteiger partial charge in [0.1, 0.15) is 0 Å². The van der Waals surface area contributed by atoms with Crippen LogP contribution < -0.4 is 0 Å². The minimum absolute atomic E-state index is 0.484. The lowest BCUT2D eigenvalue weighted by Crippen LogP contribution is -2.26. The van der Waals surface area contributed by atoms with Gasteiger partial charge < -0.3 is 10.2 Å². The Kier molecular flexibility index (Phi) is 5.78. The van der Waals surface area contributed by atoms with Gasteiger partial charge in [0.2, 0.25) is 0 Å². The Bertz CT molecular complexity index is 70.0. The predicted molar refractivity (Wildman–Crippen MR) is 43.7 cm³/mol. The topological polar surface area (TPSA) is 40.5 Å². The van der Waals surface area contributed by atoms with Crippen LogP contribution in [0.15, 0.2) is 0 Å². The molecule has 0 heterocycles. The molecule has 9 heavy (non-hydrogen) atoms. The van der Waals surface area contributed by atoms with Gasteiger partial charge in [-0.2, -0.15) is 0 Å². The third-order valence-electron chi connectivity index (χ3n) is 1.11. The van der Waals surface area contributed by atoms with Crippen molar-refractivity contribution in [2.75, 3.05) is 5.75 Å². The Labute approximate surface area is 64.5 Å². The van der Waals surface area contributed by atoms with Gasteiger partial charge >= 0.3 is 0 Å². The number of rotatable bonds is 4. The molecular formula is C5H12O2S2. The molecule has 0 fully saturated rings. The van der Waals surface area contributed by atoms with Crippen molar-refractivity contribution in [2.45, 2.75) is 25.6 Å². The lowest BCUT2D eigenvalue weighted by molar-refractivity contribution is 0.0325. The summed E-state index contributed by atoms with van der Waals surface area (Å²) in [5.41, 5.74) is 0. The normalized spacial score (nSPS) is 17.3. The molecule has 0 aromatic heterocycles. The van der Waals surface area contributed by atoms with E-state index in [9.17, 15) is 0 Å². The van der Waals surface area contributed by atoms with Crippen LogP contribution in [0.25, 0.3) is 0 Å². The zero-order valence-electron chi connectivity index (χ0n) is 5.32. The Morgan fingerprint density at radius 1 is 1.44 bits per heavy atom. The maximum Gasteiger partial charge on any atom is 0.0897 e. The Hall–Kier alpha value is 0.620. The van der Waals surface area contributed by atoms with Crippen LogP contribution in [-0.2, 0) is 0 Å². The van der Waals surface area contributed by atoms with Gasteiger partial charge in [0.25, 0.3) is 0 Å². The Morgan fingerprint density at radius 3 is 2.33 bits per heavy atom. The molecule has 0 bridgehead atoms. The average Bonchev–Trinajstić information content (AvgIpc) is 1.87. The third kappa shape index (κ3) is 4.08. The highest BCUT2D eigenvalue weighted by molar-refractivity contribution is 8.68. The van der Waals surface area contributed by atoms with Crippen molar-refractivity contribution < 1.29 is 10.2 Å². The van der Waals surface area contributed by atoms with E-state index in [0.29, 0.717) is 12.2 Å². The summed E-state index contributed by atoms with van der Waals surface area (Å²) < 4.78 is 0. The maximum absolute atomic E-state index is 9.00. The summed E-state index contributed by atoms with van der Waals surface area (Å²) in [6.45, 7) is 1.83. The molecular weight excluding hydrogens is 156 g/mol. The van der Waals surface area contributed by atoms with Gasteiger partial charge in [0, 0.05) is 5.75 Å². The van der Waals surface area contributed by atoms with Crippen molar-refractivity contribution >= 4 is 22.5 Å². The van der Waals surface area contributed by atoms with Gasteiger partial charge in [0.15, 0.2) is 0 Å². The summed E-state index contributed by atoms with van der Waals surface area (Å²) >= 11 is 3.84. The molecule has 2 unspecified atom stereocenters. The molecule has 56 valence electrons. The summed E-state index contributed by atoms with van der Waals surface area (Å²) in [7, 11) is 1.24. The second-order valence-electron chi connectivity index (χ2n) is 1.84. The minimum Gasteiger partial charge on any atom is -0.390 e. The minimum atomic E-state index is -0.627. The summed E-state index contributed by atoms with van der Waals surface area (Å²) in [4.78, 5) is 0. The van der Waals surface area contributed by atoms with Crippen molar-refractivity contribution in [3.8, 4) is 0 Å². The number of hydrogen-bond acceptors (Lipinski definition) is 4. The van der Waals surface area contributed by atoms with Crippen LogP contribution in [0.1, 0.15) is 13.3 Å². The van der Waals surface area contributed by atoms with Gasteiger partial charge in [-0.1, -0.05) is 17.7 Å². The molecule has 0 aromatic rings. The number of aliphatic hydroxyl groups excluding tert-OH is 2. The van der Waals surface area contributed by atoms with Crippen molar-refractivity contribution in [3.63, 3.8) is 0 Å². The number of thiol groups is 1. The lowest BCUT2D eigenvalue weighted by atomic mass is 10.2. The fraction of sp³-hybridized carbons (Fsp3) is 1.00. The van der Waals surface area contributed by atoms with Crippen molar-refractivity contribution in [1.29, 1.82) is 0 Å². The molecule has 0 saturated carbocycles. The van der Waals surface area contributed by atoms with E-state index >= 15 is 0 Å². The Balaban J connectivity index is 3.32. The van der Waals surface area contributed by atoms with Gasteiger partial charge in [-0.05, 0) is 6.42 Å². The standard InChI is InChI=1S/C5H12O2S2/c1-2-4(6)5(7)3-9-8/h4-8H,2-3H2,1H3. The van der Waals surface area contributed by atoms with E-state index in [1.807, 2.05) is 6.92 Å². The highest BCUT2D eigenvalue weighted by Crippen LogP contribution is 2.10. The molecule has 0 aromatic carbocycles. The molecule has 2 atom stereocenters. The van der Waals surface area contributed by atoms with Crippen LogP contribution in [0.2, 0.25) is 0 Å². The van der Waals surface area contributed by atoms with Crippen LogP contribution in [0.3, 0.4) is 0 Å². The van der Waals surface area contributed by atoms with Crippen LogP contribution >= 0.6 is 22.5 Å². The fourth-order valence-corrected chi connectivity index (χ4v) is 1.29. The van der Waals surface area contributed by atoms with Crippen LogP contribution in [0.5, 0.6) is 0 Å². The third-order valence-corrected chi connectivity index (χ3v) is 2.05. The monoisotopic (exact) mass is 168 g/mol. The molecule has 2 nitrogen and oxygen atoms in total. The first-order valence-electron chi connectivity index (χ1n) is 2.84. The van der Waals surface area contributed by atoms with E-state index in [-0.39, 0.29) is 0 Å². The van der Waals surface area contributed by atoms with Gasteiger partial charge in [-0.15, -0.1) is 11.7 Å². The zero-order valence-corrected chi connectivity index (χ0v) is 7.03. The van der Waals surface area contributed by atoms with E-state index in [1.54, 1.807) is 0 Å². The molecule has 0 saturated heterocycles. The molecule has 0 amide bonds. The van der Waals surface area contributed by atoms with Crippen molar-refractivity contribution in [1.82, 2.24) is 0 Å². The van der Waals surface area contributed by atoms with Gasteiger partial charge in [-0.25, -0.2) is 0 Å². The molecule has 2 N–H and O–H groups in total. The van der Waals surface area contributed by atoms with Crippen molar-refractivity contribution in [3.05, 3.63) is 0 Å². The number of hydrogen-bond donors (Lipinski definition) is 3.